The molecule has 21 heavy (non-hydrogen) atoms. The van der Waals surface area contributed by atoms with E-state index >= 15 is 0 Å². The zero-order chi connectivity index (χ0) is 15.4. The molecule has 6 nitrogen and oxygen atoms in total. The number of piperazine rings is 1. The number of nitrogens with one attached hydrogen (secondary N) is 1. The predicted molar refractivity (Wildman–Crippen MR) is 83.5 cm³/mol. The summed E-state index contributed by atoms with van der Waals surface area (Å²) in [6.07, 6.45) is 0. The number of anilines is 1. The number of nitrogens with zero attached hydrogens (tertiary/aromatic N) is 4. The number of amides is 1. The predicted octanol–water partition coefficient (Wildman–Crippen LogP) is 1.24. The molecule has 1 aliphatic rings. The lowest BCUT2D eigenvalue weighted by Gasteiger charge is -2.32. The van der Waals surface area contributed by atoms with Crippen molar-refractivity contribution in [3.05, 3.63) is 17.6 Å². The molecule has 2 heterocycles. The SMILES string of the molecule is Cc1nc(NCC(C)C)cc(C(=O)N2CCN(C)CC2)n1. The van der Waals surface area contributed by atoms with E-state index in [2.05, 4.69) is 41.1 Å². The Kier molecular flexibility index (Phi) is 5.12. The number of hydrogen-bond acceptors (Lipinski definition) is 5. The minimum Gasteiger partial charge on any atom is -0.370 e. The fourth-order valence-electron chi connectivity index (χ4n) is 2.25. The first-order valence-corrected chi connectivity index (χ1v) is 7.53. The highest BCUT2D eigenvalue weighted by Crippen LogP contribution is 2.11. The van der Waals surface area contributed by atoms with Crippen LogP contribution < -0.4 is 5.32 Å². The lowest BCUT2D eigenvalue weighted by Crippen LogP contribution is -2.47. The van der Waals surface area contributed by atoms with Gasteiger partial charge in [-0.25, -0.2) is 9.97 Å². The maximum absolute atomic E-state index is 12.5. The summed E-state index contributed by atoms with van der Waals surface area (Å²) >= 11 is 0. The van der Waals surface area contributed by atoms with Crippen LogP contribution >= 0.6 is 0 Å². The van der Waals surface area contributed by atoms with E-state index in [9.17, 15) is 4.79 Å². The number of likely N-dealkylation sites (N-methyl/N-ethyl adjacent to an activating group) is 1. The second-order valence-corrected chi connectivity index (χ2v) is 6.06. The first-order chi connectivity index (χ1) is 9.95. The molecule has 1 fully saturated rings. The van der Waals surface area contributed by atoms with Crippen LogP contribution in [0.2, 0.25) is 0 Å². The van der Waals surface area contributed by atoms with Gasteiger partial charge in [0.15, 0.2) is 0 Å². The monoisotopic (exact) mass is 291 g/mol. The fourth-order valence-corrected chi connectivity index (χ4v) is 2.25. The van der Waals surface area contributed by atoms with E-state index in [0.29, 0.717) is 17.4 Å². The Hall–Kier alpha value is -1.69. The molecule has 0 spiro atoms. The van der Waals surface area contributed by atoms with Gasteiger partial charge in [0.25, 0.3) is 5.91 Å². The maximum Gasteiger partial charge on any atom is 0.272 e. The third-order valence-electron chi connectivity index (χ3n) is 3.54. The van der Waals surface area contributed by atoms with Crippen LogP contribution in [0.5, 0.6) is 0 Å². The second-order valence-electron chi connectivity index (χ2n) is 6.06. The van der Waals surface area contributed by atoms with Crippen LogP contribution in [0.1, 0.15) is 30.2 Å². The zero-order valence-electron chi connectivity index (χ0n) is 13.4. The Bertz CT molecular complexity index is 495. The summed E-state index contributed by atoms with van der Waals surface area (Å²) in [5.41, 5.74) is 0.485. The van der Waals surface area contributed by atoms with Gasteiger partial charge in [-0.2, -0.15) is 0 Å². The Morgan fingerprint density at radius 1 is 1.29 bits per heavy atom. The van der Waals surface area contributed by atoms with E-state index in [1.807, 2.05) is 11.8 Å². The van der Waals surface area contributed by atoms with Gasteiger partial charge in [-0.1, -0.05) is 13.8 Å². The van der Waals surface area contributed by atoms with Crippen LogP contribution in [0.25, 0.3) is 0 Å². The summed E-state index contributed by atoms with van der Waals surface area (Å²) in [4.78, 5) is 25.3. The molecule has 1 aromatic heterocycles. The van der Waals surface area contributed by atoms with E-state index in [1.54, 1.807) is 6.07 Å². The molecule has 6 heteroatoms. The summed E-state index contributed by atoms with van der Waals surface area (Å²) in [6, 6.07) is 1.76. The number of carbonyl (C=O) groups excluding carboxylic acids is 1. The molecule has 1 saturated heterocycles. The topological polar surface area (TPSA) is 61.4 Å². The number of hydrogen-bond donors (Lipinski definition) is 1. The smallest absolute Gasteiger partial charge is 0.272 e. The van der Waals surface area contributed by atoms with Gasteiger partial charge in [-0.15, -0.1) is 0 Å². The zero-order valence-corrected chi connectivity index (χ0v) is 13.4. The molecule has 1 aromatic rings. The minimum absolute atomic E-state index is 0.00111. The second kappa shape index (κ2) is 6.85. The molecule has 0 radical (unpaired) electrons. The first-order valence-electron chi connectivity index (χ1n) is 7.53. The Balaban J connectivity index is 2.09. The van der Waals surface area contributed by atoms with Crippen molar-refractivity contribution >= 4 is 11.7 Å². The Morgan fingerprint density at radius 3 is 2.57 bits per heavy atom. The molecular weight excluding hydrogens is 266 g/mol. The van der Waals surface area contributed by atoms with Gasteiger partial charge in [0.2, 0.25) is 0 Å². The van der Waals surface area contributed by atoms with Gasteiger partial charge in [-0.05, 0) is 19.9 Å². The van der Waals surface area contributed by atoms with Crippen LogP contribution in [0.3, 0.4) is 0 Å². The van der Waals surface area contributed by atoms with Gasteiger partial charge < -0.3 is 15.1 Å². The average Bonchev–Trinajstić information content (AvgIpc) is 2.44. The number of carbonyl (C=O) groups is 1. The Morgan fingerprint density at radius 2 is 1.95 bits per heavy atom. The lowest BCUT2D eigenvalue weighted by atomic mass is 10.2. The molecule has 0 aromatic carbocycles. The van der Waals surface area contributed by atoms with Crippen molar-refractivity contribution in [2.45, 2.75) is 20.8 Å². The third-order valence-corrected chi connectivity index (χ3v) is 3.54. The van der Waals surface area contributed by atoms with Crippen molar-refractivity contribution < 1.29 is 4.79 Å². The molecule has 116 valence electrons. The van der Waals surface area contributed by atoms with E-state index in [0.717, 1.165) is 38.5 Å². The summed E-state index contributed by atoms with van der Waals surface area (Å²) in [5.74, 6) is 1.88. The van der Waals surface area contributed by atoms with Crippen molar-refractivity contribution in [2.24, 2.45) is 5.92 Å². The summed E-state index contributed by atoms with van der Waals surface area (Å²) < 4.78 is 0. The first kappa shape index (κ1) is 15.7. The quantitative estimate of drug-likeness (QED) is 0.904. The normalized spacial score (nSPS) is 16.3. The largest absolute Gasteiger partial charge is 0.370 e. The van der Waals surface area contributed by atoms with Crippen LogP contribution in [0.15, 0.2) is 6.07 Å². The molecule has 0 aliphatic carbocycles. The van der Waals surface area contributed by atoms with Gasteiger partial charge in [0, 0.05) is 38.8 Å². The van der Waals surface area contributed by atoms with E-state index in [1.165, 1.54) is 0 Å². The molecule has 0 saturated carbocycles. The molecule has 1 N–H and O–H groups in total. The van der Waals surface area contributed by atoms with Crippen LogP contribution in [0, 0.1) is 12.8 Å². The minimum atomic E-state index is 0.00111. The average molecular weight is 291 g/mol. The highest BCUT2D eigenvalue weighted by molar-refractivity contribution is 5.93. The van der Waals surface area contributed by atoms with Crippen molar-refractivity contribution in [2.75, 3.05) is 45.1 Å². The molecule has 1 aliphatic heterocycles. The molecule has 0 unspecified atom stereocenters. The van der Waals surface area contributed by atoms with Gasteiger partial charge >= 0.3 is 0 Å². The molecule has 0 atom stereocenters. The van der Waals surface area contributed by atoms with Gasteiger partial charge in [0.1, 0.15) is 17.3 Å². The molecule has 0 bridgehead atoms. The summed E-state index contributed by atoms with van der Waals surface area (Å²) in [5, 5.41) is 3.26. The number of aryl methyl sites for hydroxylation is 1. The summed E-state index contributed by atoms with van der Waals surface area (Å²) in [7, 11) is 2.07. The molecule has 1 amide bonds. The highest BCUT2D eigenvalue weighted by atomic mass is 16.2. The van der Waals surface area contributed by atoms with Gasteiger partial charge in [0.05, 0.1) is 0 Å². The summed E-state index contributed by atoms with van der Waals surface area (Å²) in [6.45, 7) is 10.3. The van der Waals surface area contributed by atoms with Crippen molar-refractivity contribution in [1.29, 1.82) is 0 Å². The standard InChI is InChI=1S/C15H25N5O/c1-11(2)10-16-14-9-13(17-12(3)18-14)15(21)20-7-5-19(4)6-8-20/h9,11H,5-8,10H2,1-4H3,(H,16,17,18). The van der Waals surface area contributed by atoms with E-state index in [-0.39, 0.29) is 5.91 Å². The van der Waals surface area contributed by atoms with E-state index in [4.69, 9.17) is 0 Å². The third kappa shape index (κ3) is 4.39. The fraction of sp³-hybridized carbons (Fsp3) is 0.667. The van der Waals surface area contributed by atoms with Crippen LogP contribution in [-0.4, -0.2) is 65.4 Å². The number of rotatable bonds is 4. The lowest BCUT2D eigenvalue weighted by molar-refractivity contribution is 0.0658. The molecule has 2 rings (SSSR count). The number of aromatic nitrogens is 2. The maximum atomic E-state index is 12.5. The van der Waals surface area contributed by atoms with Crippen LogP contribution in [0.4, 0.5) is 5.82 Å². The van der Waals surface area contributed by atoms with Gasteiger partial charge in [-0.3, -0.25) is 4.79 Å². The van der Waals surface area contributed by atoms with Crippen LogP contribution in [-0.2, 0) is 0 Å². The van der Waals surface area contributed by atoms with Crippen molar-refractivity contribution in [3.8, 4) is 0 Å². The Labute approximate surface area is 126 Å². The van der Waals surface area contributed by atoms with Crippen molar-refractivity contribution in [3.63, 3.8) is 0 Å². The molecular formula is C15H25N5O. The highest BCUT2D eigenvalue weighted by Gasteiger charge is 2.22. The van der Waals surface area contributed by atoms with E-state index < -0.39 is 0 Å². The van der Waals surface area contributed by atoms with Crippen molar-refractivity contribution in [1.82, 2.24) is 19.8 Å².